The Morgan fingerprint density at radius 2 is 1.76 bits per heavy atom. The summed E-state index contributed by atoms with van der Waals surface area (Å²) >= 11 is 0. The van der Waals surface area contributed by atoms with Crippen LogP contribution < -0.4 is 5.73 Å². The van der Waals surface area contributed by atoms with E-state index in [1.807, 2.05) is 30.3 Å². The molecule has 21 heavy (non-hydrogen) atoms. The van der Waals surface area contributed by atoms with Crippen molar-refractivity contribution < 1.29 is 18.0 Å². The van der Waals surface area contributed by atoms with Gasteiger partial charge in [-0.1, -0.05) is 30.3 Å². The van der Waals surface area contributed by atoms with Gasteiger partial charge in [-0.2, -0.15) is 13.2 Å². The number of benzene rings is 1. The highest BCUT2D eigenvalue weighted by Crippen LogP contribution is 2.29. The minimum Gasteiger partial charge on any atom is -0.344 e. The Hall–Kier alpha value is -1.56. The molecule has 1 rings (SSSR count). The molecule has 1 aromatic rings. The van der Waals surface area contributed by atoms with E-state index in [4.69, 9.17) is 5.73 Å². The molecule has 0 spiro atoms. The molecular formula is C15H21F3N2O. The van der Waals surface area contributed by atoms with Crippen LogP contribution in [0.2, 0.25) is 0 Å². The van der Waals surface area contributed by atoms with Crippen LogP contribution in [0.5, 0.6) is 0 Å². The molecule has 0 saturated heterocycles. The number of hydrogen-bond acceptors (Lipinski definition) is 2. The molecular weight excluding hydrogens is 281 g/mol. The molecule has 0 radical (unpaired) electrons. The number of alkyl halides is 3. The van der Waals surface area contributed by atoms with Crippen LogP contribution in [0.1, 0.15) is 25.3 Å². The zero-order chi connectivity index (χ0) is 16.1. The molecule has 0 saturated carbocycles. The highest BCUT2D eigenvalue weighted by Gasteiger charge is 2.54. The summed E-state index contributed by atoms with van der Waals surface area (Å²) in [6.45, 7) is 0.963. The van der Waals surface area contributed by atoms with Gasteiger partial charge < -0.3 is 10.6 Å². The van der Waals surface area contributed by atoms with Crippen LogP contribution in [0.15, 0.2) is 30.3 Å². The maximum atomic E-state index is 12.7. The van der Waals surface area contributed by atoms with Crippen molar-refractivity contribution in [2.24, 2.45) is 5.73 Å². The molecule has 6 heteroatoms. The van der Waals surface area contributed by atoms with E-state index in [0.29, 0.717) is 13.3 Å². The molecule has 0 aliphatic heterocycles. The van der Waals surface area contributed by atoms with Crippen molar-refractivity contribution in [1.29, 1.82) is 0 Å². The Balaban J connectivity index is 2.40. The van der Waals surface area contributed by atoms with Crippen molar-refractivity contribution in [2.45, 2.75) is 37.9 Å². The lowest BCUT2D eigenvalue weighted by molar-refractivity contribution is -0.193. The molecule has 1 amide bonds. The normalized spacial score (nSPS) is 14.6. The van der Waals surface area contributed by atoms with Crippen LogP contribution in [-0.2, 0) is 11.2 Å². The summed E-state index contributed by atoms with van der Waals surface area (Å²) in [6, 6.07) is 9.79. The summed E-state index contributed by atoms with van der Waals surface area (Å²) in [6.07, 6.45) is -2.48. The first-order valence-electron chi connectivity index (χ1n) is 6.81. The highest BCUT2D eigenvalue weighted by molar-refractivity contribution is 5.86. The van der Waals surface area contributed by atoms with Crippen LogP contribution in [-0.4, -0.2) is 36.1 Å². The average molecular weight is 302 g/mol. The van der Waals surface area contributed by atoms with Crippen molar-refractivity contribution in [3.63, 3.8) is 0 Å². The highest BCUT2D eigenvalue weighted by atomic mass is 19.4. The lowest BCUT2D eigenvalue weighted by atomic mass is 10.0. The van der Waals surface area contributed by atoms with E-state index < -0.39 is 17.6 Å². The molecule has 118 valence electrons. The molecule has 3 nitrogen and oxygen atoms in total. The number of rotatable bonds is 6. The number of carbonyl (C=O) groups excluding carboxylic acids is 1. The number of likely N-dealkylation sites (N-methyl/N-ethyl adjacent to an activating group) is 1. The number of unbranched alkanes of at least 4 members (excludes halogenated alkanes) is 1. The molecule has 0 aliphatic carbocycles. The fourth-order valence-electron chi connectivity index (χ4n) is 1.94. The lowest BCUT2D eigenvalue weighted by Crippen LogP contribution is -2.61. The second-order valence-corrected chi connectivity index (χ2v) is 5.37. The third kappa shape index (κ3) is 4.74. The Labute approximate surface area is 122 Å². The van der Waals surface area contributed by atoms with Crippen LogP contribution in [0.4, 0.5) is 13.2 Å². The van der Waals surface area contributed by atoms with Crippen LogP contribution in [0.3, 0.4) is 0 Å². The SMILES string of the molecule is CN(CCCCc1ccccc1)C(=O)C(C)(N)C(F)(F)F. The van der Waals surface area contributed by atoms with Crippen LogP contribution in [0, 0.1) is 0 Å². The van der Waals surface area contributed by atoms with Crippen molar-refractivity contribution in [1.82, 2.24) is 4.90 Å². The van der Waals surface area contributed by atoms with Gasteiger partial charge in [0.2, 0.25) is 0 Å². The van der Waals surface area contributed by atoms with Gasteiger partial charge in [-0.15, -0.1) is 0 Å². The summed E-state index contributed by atoms with van der Waals surface area (Å²) in [5, 5.41) is 0. The van der Waals surface area contributed by atoms with Gasteiger partial charge in [-0.3, -0.25) is 4.79 Å². The topological polar surface area (TPSA) is 46.3 Å². The van der Waals surface area contributed by atoms with Crippen molar-refractivity contribution in [3.05, 3.63) is 35.9 Å². The van der Waals surface area contributed by atoms with E-state index in [2.05, 4.69) is 0 Å². The predicted octanol–water partition coefficient (Wildman–Crippen LogP) is 2.75. The molecule has 1 unspecified atom stereocenters. The van der Waals surface area contributed by atoms with Gasteiger partial charge in [0.05, 0.1) is 0 Å². The number of aryl methyl sites for hydroxylation is 1. The molecule has 0 heterocycles. The molecule has 0 fully saturated rings. The first-order valence-corrected chi connectivity index (χ1v) is 6.81. The van der Waals surface area contributed by atoms with Gasteiger partial charge >= 0.3 is 6.18 Å². The maximum absolute atomic E-state index is 12.7. The predicted molar refractivity (Wildman–Crippen MR) is 75.7 cm³/mol. The Morgan fingerprint density at radius 1 is 1.19 bits per heavy atom. The fourth-order valence-corrected chi connectivity index (χ4v) is 1.94. The number of nitrogens with two attached hydrogens (primary N) is 1. The van der Waals surface area contributed by atoms with E-state index >= 15 is 0 Å². The summed E-state index contributed by atoms with van der Waals surface area (Å²) in [7, 11) is 1.35. The molecule has 1 atom stereocenters. The Morgan fingerprint density at radius 3 is 2.29 bits per heavy atom. The zero-order valence-corrected chi connectivity index (χ0v) is 12.3. The summed E-state index contributed by atoms with van der Waals surface area (Å²) in [5.41, 5.74) is 3.46. The van der Waals surface area contributed by atoms with E-state index in [1.54, 1.807) is 0 Å². The Bertz CT molecular complexity index is 458. The minimum absolute atomic E-state index is 0.258. The van der Waals surface area contributed by atoms with Gasteiger partial charge in [0, 0.05) is 13.6 Å². The molecule has 0 aliphatic rings. The quantitative estimate of drug-likeness (QED) is 0.821. The number of amides is 1. The average Bonchev–Trinajstić information content (AvgIpc) is 2.42. The van der Waals surface area contributed by atoms with Crippen molar-refractivity contribution in [3.8, 4) is 0 Å². The number of hydrogen-bond donors (Lipinski definition) is 1. The van der Waals surface area contributed by atoms with E-state index in [1.165, 1.54) is 12.6 Å². The second kappa shape index (κ2) is 6.93. The van der Waals surface area contributed by atoms with Gasteiger partial charge in [0.25, 0.3) is 5.91 Å². The number of nitrogens with zero attached hydrogens (tertiary/aromatic N) is 1. The monoisotopic (exact) mass is 302 g/mol. The smallest absolute Gasteiger partial charge is 0.344 e. The summed E-state index contributed by atoms with van der Waals surface area (Å²) in [4.78, 5) is 12.8. The van der Waals surface area contributed by atoms with Crippen LogP contribution >= 0.6 is 0 Å². The van der Waals surface area contributed by atoms with Crippen LogP contribution in [0.25, 0.3) is 0 Å². The standard InChI is InChI=1S/C15H21F3N2O/c1-14(19,15(16,17)18)13(21)20(2)11-7-6-10-12-8-4-3-5-9-12/h3-5,8-9H,6-7,10-11,19H2,1-2H3. The van der Waals surface area contributed by atoms with Gasteiger partial charge in [-0.05, 0) is 31.7 Å². The number of halogens is 3. The minimum atomic E-state index is -4.75. The van der Waals surface area contributed by atoms with E-state index in [0.717, 1.165) is 17.7 Å². The first-order chi connectivity index (χ1) is 9.66. The van der Waals surface area contributed by atoms with E-state index in [9.17, 15) is 18.0 Å². The largest absolute Gasteiger partial charge is 0.415 e. The molecule has 1 aromatic carbocycles. The maximum Gasteiger partial charge on any atom is 0.415 e. The molecule has 0 aromatic heterocycles. The van der Waals surface area contributed by atoms with E-state index in [-0.39, 0.29) is 6.54 Å². The lowest BCUT2D eigenvalue weighted by Gasteiger charge is -2.30. The molecule has 2 N–H and O–H groups in total. The Kier molecular flexibility index (Phi) is 5.78. The van der Waals surface area contributed by atoms with Crippen molar-refractivity contribution >= 4 is 5.91 Å². The van der Waals surface area contributed by atoms with Gasteiger partial charge in [0.15, 0.2) is 5.54 Å². The second-order valence-electron chi connectivity index (χ2n) is 5.37. The third-order valence-corrected chi connectivity index (χ3v) is 3.43. The van der Waals surface area contributed by atoms with Crippen molar-refractivity contribution in [2.75, 3.05) is 13.6 Å². The third-order valence-electron chi connectivity index (χ3n) is 3.43. The first kappa shape index (κ1) is 17.5. The molecule has 0 bridgehead atoms. The summed E-state index contributed by atoms with van der Waals surface area (Å²) < 4.78 is 38.0. The number of carbonyl (C=O) groups is 1. The van der Waals surface area contributed by atoms with Gasteiger partial charge in [0.1, 0.15) is 0 Å². The fraction of sp³-hybridized carbons (Fsp3) is 0.533. The zero-order valence-electron chi connectivity index (χ0n) is 12.3. The van der Waals surface area contributed by atoms with Gasteiger partial charge in [-0.25, -0.2) is 0 Å². The summed E-state index contributed by atoms with van der Waals surface area (Å²) in [5.74, 6) is -1.10.